The van der Waals surface area contributed by atoms with Crippen LogP contribution in [0.15, 0.2) is 41.3 Å². The van der Waals surface area contributed by atoms with E-state index in [0.717, 1.165) is 5.69 Å². The summed E-state index contributed by atoms with van der Waals surface area (Å²) in [5.41, 5.74) is 1.53. The van der Waals surface area contributed by atoms with Crippen LogP contribution in [0.1, 0.15) is 16.2 Å². The van der Waals surface area contributed by atoms with E-state index in [2.05, 4.69) is 25.1 Å². The van der Waals surface area contributed by atoms with Gasteiger partial charge in [0.25, 0.3) is 15.9 Å². The van der Waals surface area contributed by atoms with Crippen LogP contribution in [0.3, 0.4) is 0 Å². The topological polar surface area (TPSA) is 137 Å². The maximum atomic E-state index is 12.6. The third-order valence-electron chi connectivity index (χ3n) is 4.08. The number of aromatic nitrogens is 4. The number of aryl methyl sites for hydroxylation is 2. The van der Waals surface area contributed by atoms with Crippen LogP contribution in [0.2, 0.25) is 0 Å². The molecule has 0 fully saturated rings. The number of hydrogen-bond donors (Lipinski definition) is 2. The minimum Gasteiger partial charge on any atom is -0.481 e. The van der Waals surface area contributed by atoms with Crippen LogP contribution in [0.25, 0.3) is 0 Å². The molecule has 2 N–H and O–H groups in total. The first kappa shape index (κ1) is 21.0. The van der Waals surface area contributed by atoms with Crippen molar-refractivity contribution in [3.63, 3.8) is 0 Å². The molecule has 12 heteroatoms. The lowest BCUT2D eigenvalue weighted by atomic mass is 10.3. The minimum atomic E-state index is -3.94. The summed E-state index contributed by atoms with van der Waals surface area (Å²) in [6, 6.07) is 8.60. The van der Waals surface area contributed by atoms with Crippen molar-refractivity contribution < 1.29 is 22.7 Å². The zero-order chi connectivity index (χ0) is 21.9. The zero-order valence-electron chi connectivity index (χ0n) is 16.7. The Labute approximate surface area is 173 Å². The third-order valence-corrected chi connectivity index (χ3v) is 5.45. The summed E-state index contributed by atoms with van der Waals surface area (Å²) in [6.45, 7) is 1.83. The number of nitrogens with zero attached hydrogens (tertiary/aromatic N) is 4. The van der Waals surface area contributed by atoms with Crippen molar-refractivity contribution in [2.45, 2.75) is 11.8 Å². The van der Waals surface area contributed by atoms with E-state index >= 15 is 0 Å². The maximum Gasteiger partial charge on any atom is 0.321 e. The van der Waals surface area contributed by atoms with E-state index < -0.39 is 15.9 Å². The highest BCUT2D eigenvalue weighted by molar-refractivity contribution is 7.92. The molecule has 0 saturated heterocycles. The number of anilines is 2. The van der Waals surface area contributed by atoms with Gasteiger partial charge in [0.15, 0.2) is 11.5 Å². The van der Waals surface area contributed by atoms with Gasteiger partial charge in [0, 0.05) is 24.5 Å². The number of nitrogens with one attached hydrogen (secondary N) is 2. The number of sulfonamides is 1. The average Bonchev–Trinajstić information content (AvgIpc) is 3.06. The molecule has 1 amide bonds. The molecular weight excluding hydrogens is 412 g/mol. The molecule has 30 heavy (non-hydrogen) atoms. The first-order valence-corrected chi connectivity index (χ1v) is 10.1. The SMILES string of the molecule is COc1cc(NS(=O)(=O)c2ccc(NC(=O)c3cc(C)n(C)n3)cc2)nc(OC)n1. The number of ether oxygens (including phenoxy) is 2. The normalized spacial score (nSPS) is 11.1. The van der Waals surface area contributed by atoms with Crippen molar-refractivity contribution in [2.75, 3.05) is 24.3 Å². The summed E-state index contributed by atoms with van der Waals surface area (Å²) >= 11 is 0. The van der Waals surface area contributed by atoms with E-state index in [-0.39, 0.29) is 28.3 Å². The highest BCUT2D eigenvalue weighted by Gasteiger charge is 2.17. The second-order valence-electron chi connectivity index (χ2n) is 6.16. The third kappa shape index (κ3) is 4.66. The van der Waals surface area contributed by atoms with Gasteiger partial charge in [-0.25, -0.2) is 8.42 Å². The van der Waals surface area contributed by atoms with Crippen molar-refractivity contribution in [1.29, 1.82) is 0 Å². The summed E-state index contributed by atoms with van der Waals surface area (Å²) in [4.78, 5) is 20.1. The summed E-state index contributed by atoms with van der Waals surface area (Å²) in [5, 5.41) is 6.78. The maximum absolute atomic E-state index is 12.6. The van der Waals surface area contributed by atoms with Gasteiger partial charge in [-0.2, -0.15) is 15.1 Å². The number of carbonyl (C=O) groups is 1. The largest absolute Gasteiger partial charge is 0.481 e. The first-order valence-electron chi connectivity index (χ1n) is 8.64. The fraction of sp³-hybridized carbons (Fsp3) is 0.222. The molecule has 0 aliphatic rings. The second-order valence-corrected chi connectivity index (χ2v) is 7.84. The molecule has 1 aromatic carbocycles. The van der Waals surface area contributed by atoms with Gasteiger partial charge in [-0.3, -0.25) is 14.2 Å². The number of methoxy groups -OCH3 is 2. The molecule has 0 unspecified atom stereocenters. The molecule has 2 heterocycles. The Balaban J connectivity index is 1.75. The lowest BCUT2D eigenvalue weighted by Gasteiger charge is -2.10. The van der Waals surface area contributed by atoms with E-state index in [9.17, 15) is 13.2 Å². The van der Waals surface area contributed by atoms with E-state index in [1.165, 1.54) is 44.6 Å². The van der Waals surface area contributed by atoms with Crippen LogP contribution >= 0.6 is 0 Å². The van der Waals surface area contributed by atoms with Gasteiger partial charge in [0.1, 0.15) is 0 Å². The van der Waals surface area contributed by atoms with Crippen LogP contribution < -0.4 is 19.5 Å². The fourth-order valence-electron chi connectivity index (χ4n) is 2.43. The second kappa shape index (κ2) is 8.37. The minimum absolute atomic E-state index is 0.0124. The lowest BCUT2D eigenvalue weighted by molar-refractivity contribution is 0.102. The van der Waals surface area contributed by atoms with Crippen molar-refractivity contribution >= 4 is 27.4 Å². The molecule has 0 aliphatic carbocycles. The number of amides is 1. The Morgan fingerprint density at radius 3 is 2.33 bits per heavy atom. The summed E-state index contributed by atoms with van der Waals surface area (Å²) in [7, 11) is 0.537. The molecule has 0 aliphatic heterocycles. The Kier molecular flexibility index (Phi) is 5.87. The van der Waals surface area contributed by atoms with Gasteiger partial charge < -0.3 is 14.8 Å². The highest BCUT2D eigenvalue weighted by atomic mass is 32.2. The average molecular weight is 432 g/mol. The highest BCUT2D eigenvalue weighted by Crippen LogP contribution is 2.21. The molecular formula is C18H20N6O5S. The molecule has 3 rings (SSSR count). The predicted octanol–water partition coefficient (Wildman–Crippen LogP) is 1.59. The fourth-order valence-corrected chi connectivity index (χ4v) is 3.42. The molecule has 0 radical (unpaired) electrons. The zero-order valence-corrected chi connectivity index (χ0v) is 17.5. The molecule has 2 aromatic heterocycles. The molecule has 158 valence electrons. The van der Waals surface area contributed by atoms with Crippen molar-refractivity contribution in [1.82, 2.24) is 19.7 Å². The van der Waals surface area contributed by atoms with Gasteiger partial charge in [0.2, 0.25) is 5.88 Å². The van der Waals surface area contributed by atoms with Gasteiger partial charge >= 0.3 is 6.01 Å². The van der Waals surface area contributed by atoms with Crippen LogP contribution in [-0.4, -0.2) is 48.3 Å². The number of rotatable bonds is 7. The van der Waals surface area contributed by atoms with E-state index in [1.54, 1.807) is 17.8 Å². The van der Waals surface area contributed by atoms with Crippen LogP contribution in [0.4, 0.5) is 11.5 Å². The standard InChI is InChI=1S/C18H20N6O5S/c1-11-9-14(22-24(11)2)17(25)19-12-5-7-13(8-6-12)30(26,27)23-15-10-16(28-3)21-18(20-15)29-4/h5-10H,1-4H3,(H,19,25)(H,20,21,23). The number of benzene rings is 1. The first-order chi connectivity index (χ1) is 14.2. The van der Waals surface area contributed by atoms with Crippen LogP contribution in [0.5, 0.6) is 11.9 Å². The van der Waals surface area contributed by atoms with Gasteiger partial charge in [-0.05, 0) is 37.3 Å². The quantitative estimate of drug-likeness (QED) is 0.574. The van der Waals surface area contributed by atoms with Crippen LogP contribution in [0, 0.1) is 6.92 Å². The van der Waals surface area contributed by atoms with E-state index in [1.807, 2.05) is 6.92 Å². The molecule has 0 bridgehead atoms. The summed E-state index contributed by atoms with van der Waals surface area (Å²) < 4.78 is 39.2. The Hall–Kier alpha value is -3.67. The van der Waals surface area contributed by atoms with Crippen LogP contribution in [-0.2, 0) is 17.1 Å². The van der Waals surface area contributed by atoms with E-state index in [4.69, 9.17) is 9.47 Å². The Morgan fingerprint density at radius 2 is 1.77 bits per heavy atom. The smallest absolute Gasteiger partial charge is 0.321 e. The van der Waals surface area contributed by atoms with Gasteiger partial charge in [0.05, 0.1) is 19.1 Å². The lowest BCUT2D eigenvalue weighted by Crippen LogP contribution is -2.15. The molecule has 11 nitrogen and oxygen atoms in total. The Bertz CT molecular complexity index is 1130. The number of hydrogen-bond acceptors (Lipinski definition) is 8. The monoisotopic (exact) mass is 432 g/mol. The van der Waals surface area contributed by atoms with Gasteiger partial charge in [-0.15, -0.1) is 0 Å². The number of carbonyl (C=O) groups excluding carboxylic acids is 1. The molecule has 0 atom stereocenters. The molecule has 3 aromatic rings. The molecule has 0 spiro atoms. The molecule has 0 saturated carbocycles. The summed E-state index contributed by atoms with van der Waals surface area (Å²) in [6.07, 6.45) is 0. The van der Waals surface area contributed by atoms with Crippen molar-refractivity contribution in [2.24, 2.45) is 7.05 Å². The van der Waals surface area contributed by atoms with Crippen molar-refractivity contribution in [3.8, 4) is 11.9 Å². The van der Waals surface area contributed by atoms with Gasteiger partial charge in [-0.1, -0.05) is 0 Å². The summed E-state index contributed by atoms with van der Waals surface area (Å²) in [5.74, 6) is -0.267. The predicted molar refractivity (Wildman–Crippen MR) is 108 cm³/mol. The Morgan fingerprint density at radius 1 is 1.07 bits per heavy atom. The van der Waals surface area contributed by atoms with Crippen molar-refractivity contribution in [3.05, 3.63) is 47.8 Å². The van der Waals surface area contributed by atoms with E-state index in [0.29, 0.717) is 5.69 Å².